The topological polar surface area (TPSA) is 91.5 Å². The predicted octanol–water partition coefficient (Wildman–Crippen LogP) is 5.04. The molecule has 46 heavy (non-hydrogen) atoms. The number of nitrogens with zero attached hydrogens (tertiary/aromatic N) is 2. The van der Waals surface area contributed by atoms with Crippen LogP contribution < -0.4 is 14.4 Å². The number of carbonyl (C=O) groups excluding carboxylic acids is 1. The molecular formula is C36H44N2O8. The third kappa shape index (κ3) is 8.30. The van der Waals surface area contributed by atoms with E-state index >= 15 is 0 Å². The summed E-state index contributed by atoms with van der Waals surface area (Å²) in [5, 5.41) is 0. The van der Waals surface area contributed by atoms with Crippen LogP contribution in [0.3, 0.4) is 0 Å². The van der Waals surface area contributed by atoms with Crippen molar-refractivity contribution in [2.24, 2.45) is 0 Å². The zero-order chi connectivity index (χ0) is 31.7. The van der Waals surface area contributed by atoms with E-state index in [0.717, 1.165) is 53.4 Å². The summed E-state index contributed by atoms with van der Waals surface area (Å²) in [6.45, 7) is 5.53. The summed E-state index contributed by atoms with van der Waals surface area (Å²) in [6.07, 6.45) is -0.0537. The molecule has 0 radical (unpaired) electrons. The molecule has 4 atom stereocenters. The second kappa shape index (κ2) is 15.6. The highest BCUT2D eigenvalue weighted by molar-refractivity contribution is 5.68. The Hall–Kier alpha value is -3.83. The Balaban J connectivity index is 1.22. The Morgan fingerprint density at radius 2 is 1.70 bits per heavy atom. The number of likely N-dealkylation sites (tertiary alicyclic amines) is 1. The first-order valence-electron chi connectivity index (χ1n) is 16.0. The molecule has 10 heteroatoms. The van der Waals surface area contributed by atoms with Gasteiger partial charge in [-0.05, 0) is 47.4 Å². The van der Waals surface area contributed by atoms with E-state index in [2.05, 4.69) is 23.1 Å². The molecule has 6 rings (SSSR count). The van der Waals surface area contributed by atoms with Crippen LogP contribution in [-0.2, 0) is 36.9 Å². The highest BCUT2D eigenvalue weighted by Gasteiger charge is 2.42. The number of piperidine rings is 1. The summed E-state index contributed by atoms with van der Waals surface area (Å²) in [5.41, 5.74) is 4.09. The number of anilines is 1. The first-order chi connectivity index (χ1) is 22.6. The Morgan fingerprint density at radius 1 is 0.913 bits per heavy atom. The van der Waals surface area contributed by atoms with Crippen LogP contribution in [0.4, 0.5) is 10.5 Å². The third-order valence-electron chi connectivity index (χ3n) is 8.69. The molecule has 0 aromatic heterocycles. The number of ether oxygens (including phenoxy) is 7. The summed E-state index contributed by atoms with van der Waals surface area (Å²) in [6, 6.07) is 23.9. The maximum absolute atomic E-state index is 13.4. The fourth-order valence-electron chi connectivity index (χ4n) is 6.14. The quantitative estimate of drug-likeness (QED) is 0.179. The molecule has 3 heterocycles. The lowest BCUT2D eigenvalue weighted by Gasteiger charge is -2.43. The van der Waals surface area contributed by atoms with Crippen molar-refractivity contribution in [2.75, 3.05) is 71.7 Å². The van der Waals surface area contributed by atoms with Gasteiger partial charge in [-0.25, -0.2) is 4.79 Å². The van der Waals surface area contributed by atoms with Gasteiger partial charge >= 0.3 is 6.09 Å². The zero-order valence-corrected chi connectivity index (χ0v) is 26.7. The lowest BCUT2D eigenvalue weighted by Crippen LogP contribution is -2.54. The molecular weight excluding hydrogens is 588 g/mol. The van der Waals surface area contributed by atoms with Crippen molar-refractivity contribution in [3.8, 4) is 11.5 Å². The Kier molecular flexibility index (Phi) is 10.9. The standard InChI is InChI=1S/C36H44N2O8/c1-40-17-6-15-37-16-18-42-32-14-9-27(19-31(32)37)23-44-33-20-38(36(39)46-22-26-7-4-3-5-8-26)21-34(45-25-30-24-43-30)35(33)28-10-12-29(41-2)13-11-28/h3-5,7-14,19,30,33-35H,6,15-18,20-25H2,1-2H3/t30-,33-,34+,35+/m0/s1. The fourth-order valence-corrected chi connectivity index (χ4v) is 6.14. The van der Waals surface area contributed by atoms with Gasteiger partial charge in [-0.15, -0.1) is 0 Å². The molecule has 0 aliphatic carbocycles. The van der Waals surface area contributed by atoms with Crippen molar-refractivity contribution >= 4 is 11.8 Å². The zero-order valence-electron chi connectivity index (χ0n) is 26.7. The molecule has 0 N–H and O–H groups in total. The molecule has 0 unspecified atom stereocenters. The van der Waals surface area contributed by atoms with E-state index in [-0.39, 0.29) is 36.9 Å². The Bertz CT molecular complexity index is 1400. The maximum Gasteiger partial charge on any atom is 0.410 e. The van der Waals surface area contributed by atoms with Crippen LogP contribution in [-0.4, -0.2) is 96.1 Å². The summed E-state index contributed by atoms with van der Waals surface area (Å²) in [5.74, 6) is 1.52. The van der Waals surface area contributed by atoms with Crippen molar-refractivity contribution < 1.29 is 38.0 Å². The van der Waals surface area contributed by atoms with Gasteiger partial charge in [-0.1, -0.05) is 48.5 Å². The number of benzene rings is 3. The minimum atomic E-state index is -0.389. The first-order valence-corrected chi connectivity index (χ1v) is 16.0. The van der Waals surface area contributed by atoms with Crippen LogP contribution in [0.1, 0.15) is 29.0 Å². The van der Waals surface area contributed by atoms with Crippen molar-refractivity contribution in [1.29, 1.82) is 0 Å². The van der Waals surface area contributed by atoms with Crippen molar-refractivity contribution in [3.63, 3.8) is 0 Å². The molecule has 3 aromatic rings. The Morgan fingerprint density at radius 3 is 2.43 bits per heavy atom. The number of rotatable bonds is 14. The molecule has 2 fully saturated rings. The summed E-state index contributed by atoms with van der Waals surface area (Å²) < 4.78 is 41.1. The SMILES string of the molecule is COCCCN1CCOc2ccc(CO[C@H]3CN(C(=O)OCc4ccccc4)C[C@@H](OC[C@@H]4CO4)[C@@H]3c3ccc(OC)cc3)cc21. The van der Waals surface area contributed by atoms with Gasteiger partial charge in [0.05, 0.1) is 64.5 Å². The van der Waals surface area contributed by atoms with E-state index in [1.165, 1.54) is 0 Å². The van der Waals surface area contributed by atoms with E-state index in [9.17, 15) is 4.79 Å². The minimum Gasteiger partial charge on any atom is -0.497 e. The molecule has 3 aliphatic heterocycles. The van der Waals surface area contributed by atoms with Gasteiger partial charge in [0.25, 0.3) is 0 Å². The van der Waals surface area contributed by atoms with Crippen LogP contribution in [0.25, 0.3) is 0 Å². The second-order valence-electron chi connectivity index (χ2n) is 11.9. The van der Waals surface area contributed by atoms with Gasteiger partial charge in [0.2, 0.25) is 0 Å². The average molecular weight is 633 g/mol. The van der Waals surface area contributed by atoms with Crippen molar-refractivity contribution in [3.05, 3.63) is 89.5 Å². The number of hydrogen-bond donors (Lipinski definition) is 0. The fraction of sp³-hybridized carbons (Fsp3) is 0.472. The molecule has 2 saturated heterocycles. The van der Waals surface area contributed by atoms with E-state index in [4.69, 9.17) is 33.2 Å². The van der Waals surface area contributed by atoms with E-state index in [1.54, 1.807) is 19.1 Å². The largest absolute Gasteiger partial charge is 0.497 e. The third-order valence-corrected chi connectivity index (χ3v) is 8.69. The van der Waals surface area contributed by atoms with E-state index in [0.29, 0.717) is 46.1 Å². The lowest BCUT2D eigenvalue weighted by molar-refractivity contribution is -0.0934. The van der Waals surface area contributed by atoms with Crippen LogP contribution >= 0.6 is 0 Å². The Labute approximate surface area is 271 Å². The van der Waals surface area contributed by atoms with Gasteiger partial charge in [-0.3, -0.25) is 0 Å². The molecule has 0 bridgehead atoms. The molecule has 1 amide bonds. The highest BCUT2D eigenvalue weighted by atomic mass is 16.6. The van der Waals surface area contributed by atoms with Gasteiger partial charge in [0.1, 0.15) is 30.8 Å². The second-order valence-corrected chi connectivity index (χ2v) is 11.9. The molecule has 0 spiro atoms. The van der Waals surface area contributed by atoms with Gasteiger partial charge in [0.15, 0.2) is 0 Å². The molecule has 10 nitrogen and oxygen atoms in total. The van der Waals surface area contributed by atoms with Crippen molar-refractivity contribution in [2.45, 2.75) is 43.9 Å². The van der Waals surface area contributed by atoms with E-state index in [1.807, 2.05) is 54.6 Å². The van der Waals surface area contributed by atoms with Crippen LogP contribution in [0.15, 0.2) is 72.8 Å². The van der Waals surface area contributed by atoms with Crippen LogP contribution in [0.2, 0.25) is 0 Å². The molecule has 0 saturated carbocycles. The number of amides is 1. The number of carbonyl (C=O) groups is 1. The average Bonchev–Trinajstić information content (AvgIpc) is 3.94. The van der Waals surface area contributed by atoms with E-state index < -0.39 is 0 Å². The smallest absolute Gasteiger partial charge is 0.410 e. The van der Waals surface area contributed by atoms with Crippen molar-refractivity contribution in [1.82, 2.24) is 4.90 Å². The predicted molar refractivity (Wildman–Crippen MR) is 173 cm³/mol. The van der Waals surface area contributed by atoms with Gasteiger partial charge in [0, 0.05) is 26.2 Å². The minimum absolute atomic E-state index is 0.0841. The number of methoxy groups -OCH3 is 2. The highest BCUT2D eigenvalue weighted by Crippen LogP contribution is 2.37. The normalized spacial score (nSPS) is 22.1. The summed E-state index contributed by atoms with van der Waals surface area (Å²) >= 11 is 0. The van der Waals surface area contributed by atoms with Crippen LogP contribution in [0.5, 0.6) is 11.5 Å². The van der Waals surface area contributed by atoms with Crippen LogP contribution in [0, 0.1) is 0 Å². The number of epoxide rings is 1. The monoisotopic (exact) mass is 632 g/mol. The van der Waals surface area contributed by atoms with Gasteiger partial charge < -0.3 is 43.0 Å². The maximum atomic E-state index is 13.4. The summed E-state index contributed by atoms with van der Waals surface area (Å²) in [7, 11) is 3.39. The first kappa shape index (κ1) is 32.1. The van der Waals surface area contributed by atoms with Gasteiger partial charge in [-0.2, -0.15) is 0 Å². The number of fused-ring (bicyclic) bond motifs is 1. The molecule has 246 valence electrons. The summed E-state index contributed by atoms with van der Waals surface area (Å²) in [4.78, 5) is 17.5. The molecule has 3 aliphatic rings. The number of hydrogen-bond acceptors (Lipinski definition) is 9. The lowest BCUT2D eigenvalue weighted by atomic mass is 9.84. The molecule has 3 aromatic carbocycles.